The number of rotatable bonds is 4. The molecule has 2 atom stereocenters. The molecule has 0 aromatic heterocycles. The van der Waals surface area contributed by atoms with Crippen LogP contribution in [0.5, 0.6) is 0 Å². The summed E-state index contributed by atoms with van der Waals surface area (Å²) in [5, 5.41) is 5.95. The topological polar surface area (TPSA) is 50.4 Å². The molecule has 0 spiro atoms. The average Bonchev–Trinajstić information content (AvgIpc) is 2.82. The lowest BCUT2D eigenvalue weighted by molar-refractivity contribution is -0.120. The van der Waals surface area contributed by atoms with Crippen LogP contribution in [0.2, 0.25) is 0 Å². The zero-order chi connectivity index (χ0) is 13.8. The highest BCUT2D eigenvalue weighted by Crippen LogP contribution is 2.24. The van der Waals surface area contributed by atoms with E-state index in [1.54, 1.807) is 6.07 Å². The van der Waals surface area contributed by atoms with Crippen molar-refractivity contribution in [1.29, 1.82) is 0 Å². The van der Waals surface area contributed by atoms with Crippen LogP contribution in [-0.2, 0) is 9.53 Å². The summed E-state index contributed by atoms with van der Waals surface area (Å²) in [6.07, 6.45) is 0. The van der Waals surface area contributed by atoms with Gasteiger partial charge in [-0.2, -0.15) is 0 Å². The predicted octanol–water partition coefficient (Wildman–Crippen LogP) is 2.15. The molecule has 1 fully saturated rings. The summed E-state index contributed by atoms with van der Waals surface area (Å²) < 4.78 is 19.1. The zero-order valence-corrected chi connectivity index (χ0v) is 12.2. The summed E-state index contributed by atoms with van der Waals surface area (Å²) >= 11 is 3.29. The second-order valence-corrected chi connectivity index (χ2v) is 5.28. The molecular formula is C13H16BrFN2O2. The maximum Gasteiger partial charge on any atom is 0.231 e. The van der Waals surface area contributed by atoms with Crippen molar-refractivity contribution in [2.75, 3.05) is 25.1 Å². The smallest absolute Gasteiger partial charge is 0.231 e. The Hall–Kier alpha value is -0.980. The highest BCUT2D eigenvalue weighted by molar-refractivity contribution is 9.10. The SMILES string of the molecule is CCNC1COCC1C(=O)Nc1cc(F)ccc1Br. The van der Waals surface area contributed by atoms with Gasteiger partial charge < -0.3 is 15.4 Å². The van der Waals surface area contributed by atoms with Gasteiger partial charge in [-0.1, -0.05) is 6.92 Å². The minimum atomic E-state index is -0.385. The summed E-state index contributed by atoms with van der Waals surface area (Å²) in [6.45, 7) is 3.67. The van der Waals surface area contributed by atoms with Crippen molar-refractivity contribution in [3.8, 4) is 0 Å². The van der Waals surface area contributed by atoms with Crippen molar-refractivity contribution in [3.05, 3.63) is 28.5 Å². The third kappa shape index (κ3) is 3.52. The quantitative estimate of drug-likeness (QED) is 0.889. The van der Waals surface area contributed by atoms with Crippen molar-refractivity contribution in [1.82, 2.24) is 5.32 Å². The van der Waals surface area contributed by atoms with E-state index in [1.807, 2.05) is 6.92 Å². The summed E-state index contributed by atoms with van der Waals surface area (Å²) in [4.78, 5) is 12.2. The molecule has 2 N–H and O–H groups in total. The number of anilines is 1. The fourth-order valence-electron chi connectivity index (χ4n) is 2.09. The van der Waals surface area contributed by atoms with E-state index >= 15 is 0 Å². The molecule has 19 heavy (non-hydrogen) atoms. The minimum Gasteiger partial charge on any atom is -0.379 e. The van der Waals surface area contributed by atoms with Crippen molar-refractivity contribution in [2.45, 2.75) is 13.0 Å². The van der Waals surface area contributed by atoms with Crippen LogP contribution in [0.3, 0.4) is 0 Å². The van der Waals surface area contributed by atoms with Crippen molar-refractivity contribution < 1.29 is 13.9 Å². The molecule has 1 aliphatic heterocycles. The van der Waals surface area contributed by atoms with E-state index in [2.05, 4.69) is 26.6 Å². The second kappa shape index (κ2) is 6.45. The lowest BCUT2D eigenvalue weighted by atomic mass is 10.0. The Morgan fingerprint density at radius 3 is 3.05 bits per heavy atom. The summed E-state index contributed by atoms with van der Waals surface area (Å²) in [5.74, 6) is -0.797. The van der Waals surface area contributed by atoms with Gasteiger partial charge in [-0.05, 0) is 40.7 Å². The zero-order valence-electron chi connectivity index (χ0n) is 10.6. The van der Waals surface area contributed by atoms with E-state index in [-0.39, 0.29) is 23.7 Å². The van der Waals surface area contributed by atoms with Crippen LogP contribution in [0.25, 0.3) is 0 Å². The van der Waals surface area contributed by atoms with Crippen molar-refractivity contribution >= 4 is 27.5 Å². The van der Waals surface area contributed by atoms with Gasteiger partial charge in [0.2, 0.25) is 5.91 Å². The Labute approximate surface area is 119 Å². The van der Waals surface area contributed by atoms with Gasteiger partial charge in [-0.25, -0.2) is 4.39 Å². The van der Waals surface area contributed by atoms with Crippen LogP contribution in [-0.4, -0.2) is 31.7 Å². The average molecular weight is 331 g/mol. The fourth-order valence-corrected chi connectivity index (χ4v) is 2.44. The Bertz CT molecular complexity index is 470. The van der Waals surface area contributed by atoms with Crippen LogP contribution < -0.4 is 10.6 Å². The number of carbonyl (C=O) groups is 1. The number of hydrogen-bond donors (Lipinski definition) is 2. The number of benzene rings is 1. The molecule has 1 aliphatic rings. The van der Waals surface area contributed by atoms with Gasteiger partial charge in [-0.3, -0.25) is 4.79 Å². The predicted molar refractivity (Wildman–Crippen MR) is 74.5 cm³/mol. The van der Waals surface area contributed by atoms with Crippen LogP contribution in [0, 0.1) is 11.7 Å². The monoisotopic (exact) mass is 330 g/mol. The maximum absolute atomic E-state index is 13.2. The lowest BCUT2D eigenvalue weighted by Gasteiger charge is -2.18. The highest BCUT2D eigenvalue weighted by Gasteiger charge is 2.33. The fraction of sp³-hybridized carbons (Fsp3) is 0.462. The summed E-state index contributed by atoms with van der Waals surface area (Å²) in [6, 6.07) is 4.20. The molecule has 0 saturated carbocycles. The molecule has 104 valence electrons. The molecule has 1 heterocycles. The largest absolute Gasteiger partial charge is 0.379 e. The van der Waals surface area contributed by atoms with Gasteiger partial charge in [0, 0.05) is 10.5 Å². The van der Waals surface area contributed by atoms with Crippen LogP contribution in [0.15, 0.2) is 22.7 Å². The Kier molecular flexibility index (Phi) is 4.90. The number of carbonyl (C=O) groups excluding carboxylic acids is 1. The third-order valence-electron chi connectivity index (χ3n) is 3.07. The van der Waals surface area contributed by atoms with E-state index in [0.717, 1.165) is 6.54 Å². The Morgan fingerprint density at radius 1 is 1.53 bits per heavy atom. The third-order valence-corrected chi connectivity index (χ3v) is 3.76. The molecule has 1 aromatic carbocycles. The van der Waals surface area contributed by atoms with Gasteiger partial charge in [0.15, 0.2) is 0 Å². The number of nitrogens with one attached hydrogen (secondary N) is 2. The molecule has 4 nitrogen and oxygen atoms in total. The molecule has 0 radical (unpaired) electrons. The summed E-state index contributed by atoms with van der Waals surface area (Å²) in [7, 11) is 0. The van der Waals surface area contributed by atoms with Crippen molar-refractivity contribution in [2.24, 2.45) is 5.92 Å². The Morgan fingerprint density at radius 2 is 2.32 bits per heavy atom. The molecular weight excluding hydrogens is 315 g/mol. The van der Waals surface area contributed by atoms with Crippen molar-refractivity contribution in [3.63, 3.8) is 0 Å². The first-order valence-corrected chi connectivity index (χ1v) is 6.98. The number of hydrogen-bond acceptors (Lipinski definition) is 3. The second-order valence-electron chi connectivity index (χ2n) is 4.42. The molecule has 1 amide bonds. The molecule has 2 unspecified atom stereocenters. The number of halogens is 2. The van der Waals surface area contributed by atoms with Crippen LogP contribution in [0.1, 0.15) is 6.92 Å². The first kappa shape index (κ1) is 14.4. The number of amides is 1. The number of ether oxygens (including phenoxy) is 1. The summed E-state index contributed by atoms with van der Waals surface area (Å²) in [5.41, 5.74) is 0.437. The van der Waals surface area contributed by atoms with Gasteiger partial charge in [0.25, 0.3) is 0 Å². The minimum absolute atomic E-state index is 0.0114. The van der Waals surface area contributed by atoms with E-state index in [1.165, 1.54) is 12.1 Å². The molecule has 2 rings (SSSR count). The lowest BCUT2D eigenvalue weighted by Crippen LogP contribution is -2.41. The molecule has 1 saturated heterocycles. The van der Waals surface area contributed by atoms with Gasteiger partial charge in [0.05, 0.1) is 24.8 Å². The van der Waals surface area contributed by atoms with Gasteiger partial charge >= 0.3 is 0 Å². The maximum atomic E-state index is 13.2. The normalized spacial score (nSPS) is 22.5. The molecule has 0 bridgehead atoms. The van der Waals surface area contributed by atoms with Crippen LogP contribution >= 0.6 is 15.9 Å². The van der Waals surface area contributed by atoms with E-state index < -0.39 is 0 Å². The molecule has 0 aliphatic carbocycles. The molecule has 1 aromatic rings. The van der Waals surface area contributed by atoms with Crippen LogP contribution in [0.4, 0.5) is 10.1 Å². The molecule has 6 heteroatoms. The van der Waals surface area contributed by atoms with Gasteiger partial charge in [0.1, 0.15) is 5.82 Å². The van der Waals surface area contributed by atoms with E-state index in [9.17, 15) is 9.18 Å². The highest BCUT2D eigenvalue weighted by atomic mass is 79.9. The Balaban J connectivity index is 2.06. The van der Waals surface area contributed by atoms with E-state index in [0.29, 0.717) is 23.4 Å². The van der Waals surface area contributed by atoms with Gasteiger partial charge in [-0.15, -0.1) is 0 Å². The standard InChI is InChI=1S/C13H16BrFN2O2/c1-2-16-12-7-19-6-9(12)13(18)17-11-5-8(15)3-4-10(11)14/h3-5,9,12,16H,2,6-7H2,1H3,(H,17,18). The number of likely N-dealkylation sites (N-methyl/N-ethyl adjacent to an activating group) is 1. The first-order chi connectivity index (χ1) is 9.11. The first-order valence-electron chi connectivity index (χ1n) is 6.19. The van der Waals surface area contributed by atoms with E-state index in [4.69, 9.17) is 4.74 Å².